The summed E-state index contributed by atoms with van der Waals surface area (Å²) in [5.74, 6) is -0.981. The van der Waals surface area contributed by atoms with Crippen molar-refractivity contribution in [3.63, 3.8) is 0 Å². The van der Waals surface area contributed by atoms with Gasteiger partial charge in [0.15, 0.2) is 6.10 Å². The minimum atomic E-state index is -0.809. The van der Waals surface area contributed by atoms with Crippen molar-refractivity contribution >= 4 is 17.9 Å². The van der Waals surface area contributed by atoms with E-state index in [1.165, 1.54) is 199 Å². The summed E-state index contributed by atoms with van der Waals surface area (Å²) in [7, 11) is 0. The molecule has 0 aliphatic heterocycles. The highest BCUT2D eigenvalue weighted by Crippen LogP contribution is 2.17. The van der Waals surface area contributed by atoms with Crippen LogP contribution in [-0.2, 0) is 28.6 Å². The number of unbranched alkanes of at least 4 members (excludes halogenated alkanes) is 35. The lowest BCUT2D eigenvalue weighted by molar-refractivity contribution is -0.166. The molecule has 0 N–H and O–H groups in total. The van der Waals surface area contributed by atoms with E-state index in [9.17, 15) is 14.4 Å². The fourth-order valence-corrected chi connectivity index (χ4v) is 9.43. The number of carbonyl (C=O) groups excluding carboxylic acids is 3. The van der Waals surface area contributed by atoms with Crippen LogP contribution in [0, 0.1) is 0 Å². The number of rotatable bonds is 60. The molecule has 77 heavy (non-hydrogen) atoms. The lowest BCUT2D eigenvalue weighted by Crippen LogP contribution is -2.30. The van der Waals surface area contributed by atoms with Gasteiger partial charge in [0.1, 0.15) is 13.2 Å². The summed E-state index contributed by atoms with van der Waals surface area (Å²) in [4.78, 5) is 38.2. The third-order valence-electron chi connectivity index (χ3n) is 14.4. The molecule has 0 aromatic rings. The molecular formula is C71H124O6. The molecule has 0 amide bonds. The number of hydrogen-bond acceptors (Lipinski definition) is 6. The van der Waals surface area contributed by atoms with Crippen LogP contribution >= 0.6 is 0 Å². The molecule has 0 aliphatic carbocycles. The van der Waals surface area contributed by atoms with Crippen molar-refractivity contribution in [3.05, 3.63) is 85.1 Å². The van der Waals surface area contributed by atoms with Gasteiger partial charge in [0.2, 0.25) is 0 Å². The van der Waals surface area contributed by atoms with Crippen LogP contribution in [0.2, 0.25) is 0 Å². The van der Waals surface area contributed by atoms with Gasteiger partial charge in [0, 0.05) is 19.3 Å². The summed E-state index contributed by atoms with van der Waals surface area (Å²) in [6, 6.07) is 0. The first-order chi connectivity index (χ1) is 38.0. The van der Waals surface area contributed by atoms with Crippen molar-refractivity contribution in [2.24, 2.45) is 0 Å². The van der Waals surface area contributed by atoms with Gasteiger partial charge in [0.05, 0.1) is 0 Å². The van der Waals surface area contributed by atoms with Crippen molar-refractivity contribution in [1.29, 1.82) is 0 Å². The first kappa shape index (κ1) is 73.6. The van der Waals surface area contributed by atoms with Crippen molar-refractivity contribution in [3.8, 4) is 0 Å². The molecule has 6 heteroatoms. The zero-order chi connectivity index (χ0) is 55.7. The molecule has 0 radical (unpaired) electrons. The Bertz CT molecular complexity index is 1470. The average Bonchev–Trinajstić information content (AvgIpc) is 3.43. The second-order valence-electron chi connectivity index (χ2n) is 22.0. The standard InChI is InChI=1S/C71H124O6/c1-4-7-10-13-16-19-22-25-27-28-29-30-31-32-33-34-35-36-37-38-39-40-41-42-44-46-49-52-55-58-61-64-70(73)76-67-68(66-75-69(72)63-60-57-54-51-48-45-24-21-18-15-12-9-6-3)77-71(74)65-62-59-56-53-50-47-43-26-23-20-17-14-11-8-5-2/h9,12,18,21-22,25-26,28-29,43,45,48,54,57,68H,4-8,10-11,13-17,19-20,23-24,27,30-42,44,46-47,49-53,55-56,58-67H2,1-3H3/b12-9-,21-18-,25-22-,29-28-,43-26-,48-45-,57-54-. The van der Waals surface area contributed by atoms with E-state index in [0.29, 0.717) is 19.3 Å². The number of allylic oxidation sites excluding steroid dienone is 14. The molecular weight excluding hydrogens is 949 g/mol. The van der Waals surface area contributed by atoms with E-state index in [0.717, 1.165) is 83.5 Å². The summed E-state index contributed by atoms with van der Waals surface area (Å²) in [6.07, 6.45) is 86.3. The molecule has 0 bridgehead atoms. The summed E-state index contributed by atoms with van der Waals surface area (Å²) in [6.45, 7) is 6.47. The predicted octanol–water partition coefficient (Wildman–Crippen LogP) is 22.7. The Morgan fingerprint density at radius 3 is 0.883 bits per heavy atom. The smallest absolute Gasteiger partial charge is 0.306 e. The first-order valence-corrected chi connectivity index (χ1v) is 33.1. The zero-order valence-corrected chi connectivity index (χ0v) is 51.0. The van der Waals surface area contributed by atoms with Gasteiger partial charge in [-0.25, -0.2) is 0 Å². The van der Waals surface area contributed by atoms with Crippen LogP contribution in [0.3, 0.4) is 0 Å². The molecule has 1 unspecified atom stereocenters. The van der Waals surface area contributed by atoms with Gasteiger partial charge < -0.3 is 14.2 Å². The Balaban J connectivity index is 4.19. The number of esters is 3. The predicted molar refractivity (Wildman–Crippen MR) is 334 cm³/mol. The van der Waals surface area contributed by atoms with Crippen LogP contribution in [0.15, 0.2) is 85.1 Å². The maximum atomic E-state index is 12.9. The van der Waals surface area contributed by atoms with Gasteiger partial charge in [-0.3, -0.25) is 14.4 Å². The van der Waals surface area contributed by atoms with Gasteiger partial charge in [-0.2, -0.15) is 0 Å². The summed E-state index contributed by atoms with van der Waals surface area (Å²) < 4.78 is 16.8. The van der Waals surface area contributed by atoms with E-state index >= 15 is 0 Å². The molecule has 0 aromatic carbocycles. The molecule has 0 heterocycles. The fourth-order valence-electron chi connectivity index (χ4n) is 9.43. The van der Waals surface area contributed by atoms with Gasteiger partial charge in [-0.1, -0.05) is 292 Å². The maximum absolute atomic E-state index is 12.9. The van der Waals surface area contributed by atoms with Gasteiger partial charge in [-0.05, 0) is 103 Å². The number of carbonyl (C=O) groups is 3. The van der Waals surface area contributed by atoms with Gasteiger partial charge in [0.25, 0.3) is 0 Å². The second kappa shape index (κ2) is 65.1. The Morgan fingerprint density at radius 2 is 0.532 bits per heavy atom. The van der Waals surface area contributed by atoms with E-state index in [-0.39, 0.29) is 37.5 Å². The lowest BCUT2D eigenvalue weighted by atomic mass is 10.0. The maximum Gasteiger partial charge on any atom is 0.306 e. The lowest BCUT2D eigenvalue weighted by Gasteiger charge is -2.18. The normalized spacial score (nSPS) is 12.6. The number of hydrogen-bond donors (Lipinski definition) is 0. The van der Waals surface area contributed by atoms with Crippen molar-refractivity contribution in [1.82, 2.24) is 0 Å². The Hall–Kier alpha value is -3.41. The molecule has 0 spiro atoms. The van der Waals surface area contributed by atoms with E-state index in [1.54, 1.807) is 0 Å². The monoisotopic (exact) mass is 1070 g/mol. The topological polar surface area (TPSA) is 78.9 Å². The van der Waals surface area contributed by atoms with E-state index in [1.807, 2.05) is 6.08 Å². The van der Waals surface area contributed by atoms with E-state index < -0.39 is 6.10 Å². The molecule has 0 saturated carbocycles. The molecule has 0 fully saturated rings. The van der Waals surface area contributed by atoms with E-state index in [4.69, 9.17) is 14.2 Å². The van der Waals surface area contributed by atoms with E-state index in [2.05, 4.69) is 99.8 Å². The van der Waals surface area contributed by atoms with Crippen LogP contribution in [0.25, 0.3) is 0 Å². The molecule has 444 valence electrons. The molecule has 0 saturated heterocycles. The molecule has 0 rings (SSSR count). The highest BCUT2D eigenvalue weighted by Gasteiger charge is 2.19. The Labute approximate surface area is 477 Å². The third kappa shape index (κ3) is 63.3. The molecule has 6 nitrogen and oxygen atoms in total. The number of ether oxygens (including phenoxy) is 3. The molecule has 0 aromatic heterocycles. The largest absolute Gasteiger partial charge is 0.462 e. The SMILES string of the molecule is CC/C=C\C/C=C\C/C=C\C/C=C\CCC(=O)OCC(COC(=O)CCCCCCCCCCCCCCCCCCCCC/C=C\C/C=C\CCCCCCC)OC(=O)CCCCCCC/C=C\CCCCCCCC. The highest BCUT2D eigenvalue weighted by molar-refractivity contribution is 5.71. The van der Waals surface area contributed by atoms with Crippen LogP contribution < -0.4 is 0 Å². The Kier molecular flexibility index (Phi) is 62.2. The third-order valence-corrected chi connectivity index (χ3v) is 14.4. The minimum Gasteiger partial charge on any atom is -0.462 e. The van der Waals surface area contributed by atoms with Crippen LogP contribution in [0.5, 0.6) is 0 Å². The summed E-state index contributed by atoms with van der Waals surface area (Å²) in [5, 5.41) is 0. The summed E-state index contributed by atoms with van der Waals surface area (Å²) in [5.41, 5.74) is 0. The van der Waals surface area contributed by atoms with Crippen LogP contribution in [0.4, 0.5) is 0 Å². The molecule has 1 atom stereocenters. The van der Waals surface area contributed by atoms with Gasteiger partial charge >= 0.3 is 17.9 Å². The van der Waals surface area contributed by atoms with Crippen molar-refractivity contribution < 1.29 is 28.6 Å². The zero-order valence-electron chi connectivity index (χ0n) is 51.0. The second-order valence-corrected chi connectivity index (χ2v) is 22.0. The quantitative estimate of drug-likeness (QED) is 0.0261. The molecule has 0 aliphatic rings. The minimum absolute atomic E-state index is 0.0993. The summed E-state index contributed by atoms with van der Waals surface area (Å²) >= 11 is 0. The first-order valence-electron chi connectivity index (χ1n) is 33.1. The van der Waals surface area contributed by atoms with Crippen molar-refractivity contribution in [2.45, 2.75) is 335 Å². The van der Waals surface area contributed by atoms with Crippen LogP contribution in [-0.4, -0.2) is 37.2 Å². The fraction of sp³-hybridized carbons (Fsp3) is 0.761. The van der Waals surface area contributed by atoms with Crippen molar-refractivity contribution in [2.75, 3.05) is 13.2 Å². The average molecular weight is 1070 g/mol. The van der Waals surface area contributed by atoms with Gasteiger partial charge in [-0.15, -0.1) is 0 Å². The highest BCUT2D eigenvalue weighted by atomic mass is 16.6. The van der Waals surface area contributed by atoms with Crippen LogP contribution in [0.1, 0.15) is 329 Å². The Morgan fingerprint density at radius 1 is 0.273 bits per heavy atom.